The second-order valence-electron chi connectivity index (χ2n) is 16.1. The maximum Gasteiger partial charge on any atom is 0.347 e. The molecule has 1 aliphatic heterocycles. The van der Waals surface area contributed by atoms with Crippen molar-refractivity contribution in [2.24, 2.45) is 52.1 Å². The van der Waals surface area contributed by atoms with Crippen LogP contribution in [0.5, 0.6) is 0 Å². The summed E-state index contributed by atoms with van der Waals surface area (Å²) in [6.45, 7) is 11.0. The van der Waals surface area contributed by atoms with Crippen LogP contribution in [0.25, 0.3) is 0 Å². The first-order valence-corrected chi connectivity index (χ1v) is 18.3. The molecule has 3 N–H and O–H groups in total. The Labute approximate surface area is 288 Å². The van der Waals surface area contributed by atoms with Crippen molar-refractivity contribution < 1.29 is 38.2 Å². The molecule has 0 aromatic carbocycles. The molecule has 0 spiro atoms. The summed E-state index contributed by atoms with van der Waals surface area (Å²) in [5.41, 5.74) is 3.71. The van der Waals surface area contributed by atoms with Gasteiger partial charge in [-0.3, -0.25) is 19.2 Å². The number of cyclic esters (lactones) is 1. The smallest absolute Gasteiger partial charge is 0.347 e. The number of unbranched alkanes of at least 4 members (excludes halogenated alkanes) is 3. The number of primary amides is 1. The number of nitrogens with two attached hydrogens (primary N) is 1. The van der Waals surface area contributed by atoms with Gasteiger partial charge in [0.25, 0.3) is 0 Å². The Hall–Kier alpha value is -2.69. The zero-order valence-corrected chi connectivity index (χ0v) is 30.6. The van der Waals surface area contributed by atoms with Crippen LogP contribution in [0.4, 0.5) is 0 Å². The number of esters is 3. The number of carbonyl (C=O) groups excluding carboxylic acids is 5. The Kier molecular flexibility index (Phi) is 14.7. The van der Waals surface area contributed by atoms with Gasteiger partial charge in [-0.05, 0) is 96.1 Å². The molecule has 3 aliphatic rings. The first-order valence-electron chi connectivity index (χ1n) is 18.3. The van der Waals surface area contributed by atoms with E-state index in [1.807, 2.05) is 19.0 Å². The Bertz CT molecular complexity index is 1120. The molecule has 0 aromatic rings. The van der Waals surface area contributed by atoms with Gasteiger partial charge in [0.05, 0.1) is 17.9 Å². The van der Waals surface area contributed by atoms with Crippen molar-refractivity contribution >= 4 is 29.7 Å². The summed E-state index contributed by atoms with van der Waals surface area (Å²) in [4.78, 5) is 68.6. The molecule has 11 heteroatoms. The summed E-state index contributed by atoms with van der Waals surface area (Å²) in [5.74, 6) is -1.97. The van der Waals surface area contributed by atoms with E-state index in [2.05, 4.69) is 19.2 Å². The van der Waals surface area contributed by atoms with Crippen molar-refractivity contribution in [3.63, 3.8) is 0 Å². The fourth-order valence-electron chi connectivity index (χ4n) is 8.31. The molecule has 3 rings (SSSR count). The average Bonchev–Trinajstić information content (AvgIpc) is 3.73. The summed E-state index contributed by atoms with van der Waals surface area (Å²) in [5, 5.41) is 3.03. The Morgan fingerprint density at radius 3 is 2.27 bits per heavy atom. The maximum absolute atomic E-state index is 14.1. The van der Waals surface area contributed by atoms with Crippen molar-refractivity contribution in [2.45, 2.75) is 118 Å². The van der Waals surface area contributed by atoms with Gasteiger partial charge in [-0.1, -0.05) is 47.0 Å². The van der Waals surface area contributed by atoms with Crippen LogP contribution >= 0.6 is 0 Å². The lowest BCUT2D eigenvalue weighted by molar-refractivity contribution is -0.171. The molecule has 2 saturated carbocycles. The standard InChI is InChI=1S/C37H63N3O8/c1-8-9-10-11-15-39-34(44)36(3,4)21-28(32(42)47-18-16-40(6)7)23-37(5,35(45)48-30-14-17-46-33(30)43)22-27(31(38)41)20-29-24(2)25-12-13-26(29)19-25/h24-30H,8-23H2,1-7H3,(H2,38,41)(H,39,44). The number of nitrogens with zero attached hydrogens (tertiary/aromatic N) is 1. The van der Waals surface area contributed by atoms with E-state index in [1.54, 1.807) is 20.8 Å². The third-order valence-electron chi connectivity index (χ3n) is 11.3. The molecule has 2 aliphatic carbocycles. The van der Waals surface area contributed by atoms with Crippen LogP contribution in [0, 0.1) is 46.3 Å². The minimum atomic E-state index is -1.37. The molecule has 0 aromatic heterocycles. The number of likely N-dealkylation sites (N-methyl/N-ethyl adjacent to an activating group) is 1. The lowest BCUT2D eigenvalue weighted by Gasteiger charge is -2.37. The zero-order valence-electron chi connectivity index (χ0n) is 30.6. The van der Waals surface area contributed by atoms with E-state index in [9.17, 15) is 24.0 Å². The highest BCUT2D eigenvalue weighted by Gasteiger charge is 2.50. The minimum Gasteiger partial charge on any atom is -0.464 e. The Morgan fingerprint density at radius 1 is 1.00 bits per heavy atom. The van der Waals surface area contributed by atoms with Crippen LogP contribution in [0.3, 0.4) is 0 Å². The summed E-state index contributed by atoms with van der Waals surface area (Å²) in [7, 11) is 3.75. The number of carbonyl (C=O) groups is 5. The molecule has 1 saturated heterocycles. The van der Waals surface area contributed by atoms with Crippen LogP contribution < -0.4 is 11.1 Å². The van der Waals surface area contributed by atoms with Gasteiger partial charge in [0.2, 0.25) is 17.9 Å². The van der Waals surface area contributed by atoms with Crippen molar-refractivity contribution in [1.82, 2.24) is 10.2 Å². The van der Waals surface area contributed by atoms with Gasteiger partial charge >= 0.3 is 17.9 Å². The van der Waals surface area contributed by atoms with Gasteiger partial charge in [0.15, 0.2) is 0 Å². The number of ether oxygens (including phenoxy) is 3. The molecule has 274 valence electrons. The molecule has 11 nitrogen and oxygen atoms in total. The van der Waals surface area contributed by atoms with Crippen molar-refractivity contribution in [3.05, 3.63) is 0 Å². The van der Waals surface area contributed by atoms with Crippen LogP contribution in [-0.4, -0.2) is 81.1 Å². The zero-order chi connectivity index (χ0) is 35.6. The fraction of sp³-hybridized carbons (Fsp3) is 0.865. The highest BCUT2D eigenvalue weighted by atomic mass is 16.6. The minimum absolute atomic E-state index is 0.0301. The summed E-state index contributed by atoms with van der Waals surface area (Å²) >= 11 is 0. The van der Waals surface area contributed by atoms with Crippen LogP contribution in [0.1, 0.15) is 112 Å². The lowest BCUT2D eigenvalue weighted by atomic mass is 9.68. The Balaban J connectivity index is 1.88. The van der Waals surface area contributed by atoms with Crippen molar-refractivity contribution in [3.8, 4) is 0 Å². The number of fused-ring (bicyclic) bond motifs is 2. The van der Waals surface area contributed by atoms with Gasteiger partial charge in [-0.2, -0.15) is 0 Å². The predicted octanol–water partition coefficient (Wildman–Crippen LogP) is 4.64. The molecule has 1 heterocycles. The summed E-state index contributed by atoms with van der Waals surface area (Å²) in [6.07, 6.45) is 7.52. The number of hydrogen-bond acceptors (Lipinski definition) is 9. The van der Waals surface area contributed by atoms with Gasteiger partial charge in [-0.25, -0.2) is 4.79 Å². The number of rotatable bonds is 21. The van der Waals surface area contributed by atoms with E-state index in [0.717, 1.165) is 38.5 Å². The molecular formula is C37H63N3O8. The van der Waals surface area contributed by atoms with E-state index in [1.165, 1.54) is 6.42 Å². The van der Waals surface area contributed by atoms with E-state index in [-0.39, 0.29) is 44.8 Å². The second kappa shape index (κ2) is 17.8. The topological polar surface area (TPSA) is 154 Å². The number of nitrogens with one attached hydrogen (secondary N) is 1. The van der Waals surface area contributed by atoms with Gasteiger partial charge in [-0.15, -0.1) is 0 Å². The molecule has 8 unspecified atom stereocenters. The number of amides is 2. The Morgan fingerprint density at radius 2 is 1.69 bits per heavy atom. The highest BCUT2D eigenvalue weighted by molar-refractivity contribution is 5.86. The first-order chi connectivity index (χ1) is 22.6. The van der Waals surface area contributed by atoms with Gasteiger partial charge in [0, 0.05) is 30.8 Å². The monoisotopic (exact) mass is 677 g/mol. The molecule has 0 radical (unpaired) electrons. The molecular weight excluding hydrogens is 614 g/mol. The van der Waals surface area contributed by atoms with E-state index >= 15 is 0 Å². The third-order valence-corrected chi connectivity index (χ3v) is 11.3. The quantitative estimate of drug-likeness (QED) is 0.100. The SMILES string of the molecule is CCCCCCNC(=O)C(C)(C)CC(CC(C)(CC(CC1C2CCC(C2)C1C)C(N)=O)C(=O)OC1CCOC1=O)C(=O)OCCN(C)C. The molecule has 8 atom stereocenters. The van der Waals surface area contributed by atoms with Gasteiger partial charge < -0.3 is 30.2 Å². The molecule has 3 fully saturated rings. The van der Waals surface area contributed by atoms with Crippen LogP contribution in [0.15, 0.2) is 0 Å². The first kappa shape index (κ1) is 39.7. The predicted molar refractivity (Wildman–Crippen MR) is 182 cm³/mol. The third kappa shape index (κ3) is 10.9. The molecule has 2 bridgehead atoms. The summed E-state index contributed by atoms with van der Waals surface area (Å²) in [6, 6.07) is 0. The van der Waals surface area contributed by atoms with Crippen molar-refractivity contribution in [2.75, 3.05) is 40.4 Å². The van der Waals surface area contributed by atoms with Crippen molar-refractivity contribution in [1.29, 1.82) is 0 Å². The van der Waals surface area contributed by atoms with Crippen LogP contribution in [0.2, 0.25) is 0 Å². The number of hydrogen-bond donors (Lipinski definition) is 2. The maximum atomic E-state index is 14.1. The van der Waals surface area contributed by atoms with E-state index in [4.69, 9.17) is 19.9 Å². The highest BCUT2D eigenvalue weighted by Crippen LogP contribution is 2.55. The average molecular weight is 678 g/mol. The van der Waals surface area contributed by atoms with Crippen LogP contribution in [-0.2, 0) is 38.2 Å². The molecule has 2 amide bonds. The van der Waals surface area contributed by atoms with E-state index < -0.39 is 52.6 Å². The largest absolute Gasteiger partial charge is 0.464 e. The lowest BCUT2D eigenvalue weighted by Crippen LogP contribution is -2.44. The van der Waals surface area contributed by atoms with E-state index in [0.29, 0.717) is 43.2 Å². The second-order valence-corrected chi connectivity index (χ2v) is 16.1. The normalized spacial score (nSPS) is 26.1. The fourth-order valence-corrected chi connectivity index (χ4v) is 8.31. The molecule has 48 heavy (non-hydrogen) atoms. The summed E-state index contributed by atoms with van der Waals surface area (Å²) < 4.78 is 16.5. The van der Waals surface area contributed by atoms with Gasteiger partial charge in [0.1, 0.15) is 6.61 Å².